The fraction of sp³-hybridized carbons (Fsp3) is 0.750. The van der Waals surface area contributed by atoms with E-state index < -0.39 is 15.6 Å². The fourth-order valence-electron chi connectivity index (χ4n) is 2.91. The van der Waals surface area contributed by atoms with Crippen LogP contribution in [0.1, 0.15) is 51.4 Å². The molecule has 0 N–H and O–H groups in total. The minimum atomic E-state index is -4.14. The van der Waals surface area contributed by atoms with Crippen LogP contribution < -0.4 is 0 Å². The number of phosphoric acid groups is 2. The SMILES string of the molecule is C=CCOP(=O)(OCC=C)OP(=O)(OC1CCCC1)OC1CCCC1. The molecule has 0 amide bonds. The molecular formula is C16H28O7P2. The highest BCUT2D eigenvalue weighted by Crippen LogP contribution is 2.67. The van der Waals surface area contributed by atoms with Crippen LogP contribution in [0.4, 0.5) is 0 Å². The molecule has 2 aliphatic rings. The zero-order chi connectivity index (χ0) is 18.2. The molecular weight excluding hydrogens is 366 g/mol. The Hall–Kier alpha value is -0.260. The predicted octanol–water partition coefficient (Wildman–Crippen LogP) is 5.54. The van der Waals surface area contributed by atoms with E-state index in [-0.39, 0.29) is 25.4 Å². The van der Waals surface area contributed by atoms with Crippen LogP contribution >= 0.6 is 15.6 Å². The van der Waals surface area contributed by atoms with Crippen molar-refractivity contribution >= 4 is 15.6 Å². The maximum atomic E-state index is 13.2. The molecule has 2 aliphatic carbocycles. The van der Waals surface area contributed by atoms with Crippen molar-refractivity contribution in [2.24, 2.45) is 0 Å². The number of hydrogen-bond donors (Lipinski definition) is 0. The van der Waals surface area contributed by atoms with Gasteiger partial charge >= 0.3 is 15.6 Å². The highest BCUT2D eigenvalue weighted by atomic mass is 31.3. The summed E-state index contributed by atoms with van der Waals surface area (Å²) >= 11 is 0. The maximum Gasteiger partial charge on any atom is 0.484 e. The molecule has 25 heavy (non-hydrogen) atoms. The Morgan fingerprint density at radius 2 is 1.16 bits per heavy atom. The van der Waals surface area contributed by atoms with Crippen LogP contribution in [0.15, 0.2) is 25.3 Å². The van der Waals surface area contributed by atoms with Gasteiger partial charge in [-0.05, 0) is 25.7 Å². The molecule has 0 aromatic rings. The Kier molecular flexibility index (Phi) is 8.56. The third kappa shape index (κ3) is 7.10. The monoisotopic (exact) mass is 394 g/mol. The quantitative estimate of drug-likeness (QED) is 0.317. The lowest BCUT2D eigenvalue weighted by molar-refractivity contribution is 0.0680. The van der Waals surface area contributed by atoms with Crippen LogP contribution in [0, 0.1) is 0 Å². The number of hydrogen-bond acceptors (Lipinski definition) is 7. The first-order valence-corrected chi connectivity index (χ1v) is 11.7. The Balaban J connectivity index is 2.11. The minimum Gasteiger partial charge on any atom is -0.283 e. The van der Waals surface area contributed by atoms with Gasteiger partial charge in [-0.3, -0.25) is 18.1 Å². The molecule has 0 unspecified atom stereocenters. The normalized spacial score (nSPS) is 20.2. The molecule has 2 rings (SSSR count). The van der Waals surface area contributed by atoms with Crippen LogP contribution in [0.3, 0.4) is 0 Å². The largest absolute Gasteiger partial charge is 0.484 e. The molecule has 0 atom stereocenters. The summed E-state index contributed by atoms with van der Waals surface area (Å²) in [5, 5.41) is 0. The third-order valence-corrected chi connectivity index (χ3v) is 7.71. The predicted molar refractivity (Wildman–Crippen MR) is 95.3 cm³/mol. The Labute approximate surface area is 149 Å². The summed E-state index contributed by atoms with van der Waals surface area (Å²) in [4.78, 5) is 0. The van der Waals surface area contributed by atoms with Crippen LogP contribution in [0.5, 0.6) is 0 Å². The van der Waals surface area contributed by atoms with Gasteiger partial charge in [0.05, 0.1) is 25.4 Å². The second kappa shape index (κ2) is 10.2. The standard InChI is InChI=1S/C16H28O7P2/c1-3-13-19-24(17,20-14-4-2)23-25(18,21-15-9-5-6-10-15)22-16-11-7-8-12-16/h3-4,15-16H,1-2,5-14H2. The smallest absolute Gasteiger partial charge is 0.283 e. The summed E-state index contributed by atoms with van der Waals surface area (Å²) in [6.45, 7) is 6.83. The van der Waals surface area contributed by atoms with E-state index in [1.54, 1.807) is 0 Å². The molecule has 0 bridgehead atoms. The average molecular weight is 394 g/mol. The summed E-state index contributed by atoms with van der Waals surface area (Å²) in [7, 11) is -8.24. The highest BCUT2D eigenvalue weighted by molar-refractivity contribution is 7.62. The van der Waals surface area contributed by atoms with E-state index in [0.717, 1.165) is 51.4 Å². The molecule has 0 heterocycles. The van der Waals surface area contributed by atoms with Gasteiger partial charge in [0.25, 0.3) is 0 Å². The van der Waals surface area contributed by atoms with Crippen molar-refractivity contribution in [3.8, 4) is 0 Å². The molecule has 0 aromatic carbocycles. The van der Waals surface area contributed by atoms with Crippen molar-refractivity contribution in [3.63, 3.8) is 0 Å². The zero-order valence-electron chi connectivity index (χ0n) is 14.5. The lowest BCUT2D eigenvalue weighted by atomic mass is 10.3. The molecule has 2 saturated carbocycles. The van der Waals surface area contributed by atoms with E-state index in [2.05, 4.69) is 13.2 Å². The maximum absolute atomic E-state index is 13.2. The van der Waals surface area contributed by atoms with Gasteiger partial charge in [-0.1, -0.05) is 37.8 Å². The Morgan fingerprint density at radius 3 is 1.52 bits per heavy atom. The summed E-state index contributed by atoms with van der Waals surface area (Å²) < 4.78 is 52.8. The zero-order valence-corrected chi connectivity index (χ0v) is 16.3. The fourth-order valence-corrected chi connectivity index (χ4v) is 6.43. The van der Waals surface area contributed by atoms with Crippen molar-refractivity contribution in [3.05, 3.63) is 25.3 Å². The molecule has 0 aromatic heterocycles. The molecule has 0 aliphatic heterocycles. The first kappa shape index (κ1) is 21.0. The first-order valence-electron chi connectivity index (χ1n) is 8.78. The van der Waals surface area contributed by atoms with Crippen molar-refractivity contribution < 1.29 is 31.5 Å². The van der Waals surface area contributed by atoms with Crippen molar-refractivity contribution in [1.82, 2.24) is 0 Å². The van der Waals surface area contributed by atoms with Crippen molar-refractivity contribution in [2.45, 2.75) is 63.6 Å². The van der Waals surface area contributed by atoms with Gasteiger partial charge in [0.1, 0.15) is 0 Å². The van der Waals surface area contributed by atoms with E-state index in [1.165, 1.54) is 12.2 Å². The van der Waals surface area contributed by atoms with E-state index in [0.29, 0.717) is 0 Å². The first-order chi connectivity index (χ1) is 12.0. The molecule has 2 fully saturated rings. The molecule has 0 radical (unpaired) electrons. The molecule has 9 heteroatoms. The van der Waals surface area contributed by atoms with Crippen LogP contribution in [-0.4, -0.2) is 25.4 Å². The van der Waals surface area contributed by atoms with E-state index >= 15 is 0 Å². The summed E-state index contributed by atoms with van der Waals surface area (Å²) in [6, 6.07) is 0. The van der Waals surface area contributed by atoms with Crippen LogP contribution in [0.2, 0.25) is 0 Å². The van der Waals surface area contributed by atoms with Gasteiger partial charge in [0, 0.05) is 0 Å². The minimum absolute atomic E-state index is 0.0821. The van der Waals surface area contributed by atoms with Gasteiger partial charge in [-0.15, -0.1) is 13.2 Å². The van der Waals surface area contributed by atoms with Crippen molar-refractivity contribution in [1.29, 1.82) is 0 Å². The summed E-state index contributed by atoms with van der Waals surface area (Å²) in [6.07, 6.45) is 9.37. The van der Waals surface area contributed by atoms with Gasteiger partial charge in [-0.25, -0.2) is 9.13 Å². The molecule has 0 saturated heterocycles. The lowest BCUT2D eigenvalue weighted by Gasteiger charge is -2.26. The second-order valence-electron chi connectivity index (χ2n) is 6.17. The van der Waals surface area contributed by atoms with E-state index in [1.807, 2.05) is 0 Å². The second-order valence-corrected chi connectivity index (χ2v) is 9.55. The molecule has 0 spiro atoms. The molecule has 7 nitrogen and oxygen atoms in total. The van der Waals surface area contributed by atoms with E-state index in [4.69, 9.17) is 22.4 Å². The Bertz CT molecular complexity index is 487. The third-order valence-electron chi connectivity index (χ3n) is 4.06. The van der Waals surface area contributed by atoms with Crippen LogP contribution in [0.25, 0.3) is 0 Å². The number of rotatable bonds is 12. The highest BCUT2D eigenvalue weighted by Gasteiger charge is 2.44. The average Bonchev–Trinajstić information content (AvgIpc) is 3.25. The van der Waals surface area contributed by atoms with E-state index in [9.17, 15) is 9.13 Å². The van der Waals surface area contributed by atoms with Gasteiger partial charge in [-0.2, -0.15) is 4.31 Å². The van der Waals surface area contributed by atoms with Gasteiger partial charge < -0.3 is 0 Å². The number of phosphoric ester groups is 2. The van der Waals surface area contributed by atoms with Crippen LogP contribution in [-0.2, 0) is 31.5 Å². The Morgan fingerprint density at radius 1 is 0.760 bits per heavy atom. The summed E-state index contributed by atoms with van der Waals surface area (Å²) in [5.74, 6) is 0. The lowest BCUT2D eigenvalue weighted by Crippen LogP contribution is -2.14. The molecule has 144 valence electrons. The van der Waals surface area contributed by atoms with Gasteiger partial charge in [0.2, 0.25) is 0 Å². The topological polar surface area (TPSA) is 80.3 Å². The van der Waals surface area contributed by atoms with Gasteiger partial charge in [0.15, 0.2) is 0 Å². The summed E-state index contributed by atoms with van der Waals surface area (Å²) in [5.41, 5.74) is 0. The van der Waals surface area contributed by atoms with Crippen molar-refractivity contribution in [2.75, 3.05) is 13.2 Å².